The third-order valence-electron chi connectivity index (χ3n) is 3.90. The zero-order valence-electron chi connectivity index (χ0n) is 12.5. The van der Waals surface area contributed by atoms with Crippen molar-refractivity contribution in [2.24, 2.45) is 5.10 Å². The van der Waals surface area contributed by atoms with Crippen LogP contribution in [0.2, 0.25) is 0 Å². The zero-order chi connectivity index (χ0) is 15.8. The molecule has 6 heteroatoms. The van der Waals surface area contributed by atoms with E-state index in [0.29, 0.717) is 6.42 Å². The van der Waals surface area contributed by atoms with E-state index in [1.165, 1.54) is 11.9 Å². The highest BCUT2D eigenvalue weighted by Crippen LogP contribution is 2.32. The van der Waals surface area contributed by atoms with Gasteiger partial charge < -0.3 is 0 Å². The minimum atomic E-state index is -0.195. The van der Waals surface area contributed by atoms with Crippen molar-refractivity contribution < 1.29 is 4.79 Å². The second-order valence-corrected chi connectivity index (χ2v) is 6.21. The van der Waals surface area contributed by atoms with Gasteiger partial charge in [-0.1, -0.05) is 12.1 Å². The van der Waals surface area contributed by atoms with Gasteiger partial charge in [-0.25, -0.2) is 9.99 Å². The van der Waals surface area contributed by atoms with E-state index >= 15 is 0 Å². The molecule has 0 saturated heterocycles. The van der Waals surface area contributed by atoms with Gasteiger partial charge in [0.25, 0.3) is 0 Å². The average Bonchev–Trinajstić information content (AvgIpc) is 3.23. The van der Waals surface area contributed by atoms with Crippen molar-refractivity contribution in [2.45, 2.75) is 19.4 Å². The number of aromatic nitrogens is 2. The Labute approximate surface area is 137 Å². The van der Waals surface area contributed by atoms with Crippen LogP contribution in [0.3, 0.4) is 0 Å². The first-order chi connectivity index (χ1) is 11.2. The van der Waals surface area contributed by atoms with Crippen LogP contribution in [-0.4, -0.2) is 26.6 Å². The number of para-hydroxylation sites is 2. The number of fused-ring (bicyclic) bond motifs is 1. The number of nitrogens with zero attached hydrogens (tertiary/aromatic N) is 4. The quantitative estimate of drug-likeness (QED) is 0.726. The third-order valence-corrected chi connectivity index (χ3v) is 4.58. The van der Waals surface area contributed by atoms with Crippen molar-refractivity contribution in [3.8, 4) is 0 Å². The summed E-state index contributed by atoms with van der Waals surface area (Å²) in [6, 6.07) is 9.56. The topological polar surface area (TPSA) is 58.5 Å². The molecule has 2 aromatic heterocycles. The Balaban J connectivity index is 1.73. The lowest BCUT2D eigenvalue weighted by molar-refractivity contribution is -0.130. The van der Waals surface area contributed by atoms with Crippen LogP contribution in [0.25, 0.3) is 11.0 Å². The molecule has 4 rings (SSSR count). The fourth-order valence-corrected chi connectivity index (χ4v) is 3.43. The van der Waals surface area contributed by atoms with Crippen molar-refractivity contribution in [1.29, 1.82) is 0 Å². The number of amides is 1. The van der Waals surface area contributed by atoms with Gasteiger partial charge >= 0.3 is 0 Å². The Hall–Kier alpha value is -2.60. The van der Waals surface area contributed by atoms with Crippen molar-refractivity contribution in [3.05, 3.63) is 58.5 Å². The molecule has 0 N–H and O–H groups in total. The molecule has 0 unspecified atom stereocenters. The molecular formula is C17H14N4OS. The van der Waals surface area contributed by atoms with Crippen molar-refractivity contribution in [3.63, 3.8) is 0 Å². The molecular weight excluding hydrogens is 308 g/mol. The van der Waals surface area contributed by atoms with Crippen LogP contribution in [0.4, 0.5) is 0 Å². The number of hydrazone groups is 1. The van der Waals surface area contributed by atoms with Crippen LogP contribution >= 0.6 is 11.3 Å². The van der Waals surface area contributed by atoms with E-state index < -0.39 is 0 Å². The summed E-state index contributed by atoms with van der Waals surface area (Å²) in [6.45, 7) is 1.53. The summed E-state index contributed by atoms with van der Waals surface area (Å²) < 4.78 is 0. The number of benzene rings is 1. The Morgan fingerprint density at radius 2 is 2.09 bits per heavy atom. The maximum absolute atomic E-state index is 12.0. The highest BCUT2D eigenvalue weighted by Gasteiger charge is 2.32. The highest BCUT2D eigenvalue weighted by molar-refractivity contribution is 7.08. The minimum absolute atomic E-state index is 0.0878. The average molecular weight is 322 g/mol. The van der Waals surface area contributed by atoms with Gasteiger partial charge in [-0.3, -0.25) is 9.78 Å². The molecule has 1 aromatic carbocycles. The number of rotatable bonds is 2. The highest BCUT2D eigenvalue weighted by atomic mass is 32.1. The molecule has 23 heavy (non-hydrogen) atoms. The van der Waals surface area contributed by atoms with Gasteiger partial charge in [-0.05, 0) is 29.0 Å². The first-order valence-corrected chi connectivity index (χ1v) is 8.28. The summed E-state index contributed by atoms with van der Waals surface area (Å²) >= 11 is 1.62. The number of hydrogen-bond donors (Lipinski definition) is 0. The summed E-state index contributed by atoms with van der Waals surface area (Å²) in [6.07, 6.45) is 2.40. The molecule has 0 aliphatic carbocycles. The molecule has 0 saturated carbocycles. The van der Waals surface area contributed by atoms with Gasteiger partial charge in [0.1, 0.15) is 6.04 Å². The standard InChI is InChI=1S/C17H14N4OS/c1-11(22)21-17(8-15(20-21)12-6-7-23-10-12)16-9-18-13-4-2-3-5-14(13)19-16/h2-7,9-10,17H,8H2,1H3/t17-/m1/s1. The number of carbonyl (C=O) groups is 1. The van der Waals surface area contributed by atoms with Crippen molar-refractivity contribution in [1.82, 2.24) is 15.0 Å². The monoisotopic (exact) mass is 322 g/mol. The van der Waals surface area contributed by atoms with Crippen LogP contribution in [0, 0.1) is 0 Å². The first kappa shape index (κ1) is 14.0. The fraction of sp³-hybridized carbons (Fsp3) is 0.176. The fourth-order valence-electron chi connectivity index (χ4n) is 2.77. The third kappa shape index (κ3) is 2.51. The summed E-state index contributed by atoms with van der Waals surface area (Å²) in [7, 11) is 0. The van der Waals surface area contributed by atoms with Crippen LogP contribution in [0.5, 0.6) is 0 Å². The van der Waals surface area contributed by atoms with Crippen LogP contribution in [0.1, 0.15) is 30.6 Å². The molecule has 3 aromatic rings. The molecule has 5 nitrogen and oxygen atoms in total. The van der Waals surface area contributed by atoms with E-state index in [4.69, 9.17) is 0 Å². The minimum Gasteiger partial charge on any atom is -0.273 e. The van der Waals surface area contributed by atoms with Gasteiger partial charge in [0, 0.05) is 18.9 Å². The maximum Gasteiger partial charge on any atom is 0.240 e. The molecule has 3 heterocycles. The van der Waals surface area contributed by atoms with E-state index in [1.54, 1.807) is 17.5 Å². The maximum atomic E-state index is 12.0. The lowest BCUT2D eigenvalue weighted by Crippen LogP contribution is -2.25. The van der Waals surface area contributed by atoms with Gasteiger partial charge in [0.2, 0.25) is 5.91 Å². The first-order valence-electron chi connectivity index (χ1n) is 7.34. The normalized spacial score (nSPS) is 17.5. The summed E-state index contributed by atoms with van der Waals surface area (Å²) in [4.78, 5) is 21.1. The molecule has 114 valence electrons. The smallest absolute Gasteiger partial charge is 0.240 e. The molecule has 1 atom stereocenters. The Bertz CT molecular complexity index is 904. The summed E-state index contributed by atoms with van der Waals surface area (Å²) in [5.74, 6) is -0.0878. The second-order valence-electron chi connectivity index (χ2n) is 5.43. The van der Waals surface area contributed by atoms with E-state index in [0.717, 1.165) is 28.0 Å². The van der Waals surface area contributed by atoms with Gasteiger partial charge in [0.15, 0.2) is 0 Å². The number of carbonyl (C=O) groups excluding carboxylic acids is 1. The van der Waals surface area contributed by atoms with E-state index in [1.807, 2.05) is 41.1 Å². The summed E-state index contributed by atoms with van der Waals surface area (Å²) in [5.41, 5.74) is 4.44. The van der Waals surface area contributed by atoms with Crippen LogP contribution < -0.4 is 0 Å². The SMILES string of the molecule is CC(=O)N1N=C(c2ccsc2)C[C@@H]1c1cnc2ccccc2n1. The van der Waals surface area contributed by atoms with Crippen LogP contribution in [0.15, 0.2) is 52.4 Å². The molecule has 0 fully saturated rings. The molecule has 0 spiro atoms. The Morgan fingerprint density at radius 1 is 1.26 bits per heavy atom. The zero-order valence-corrected chi connectivity index (χ0v) is 13.3. The van der Waals surface area contributed by atoms with Gasteiger partial charge in [0.05, 0.1) is 28.6 Å². The number of hydrogen-bond acceptors (Lipinski definition) is 5. The van der Waals surface area contributed by atoms with E-state index in [9.17, 15) is 4.79 Å². The molecule has 1 aliphatic heterocycles. The predicted molar refractivity (Wildman–Crippen MR) is 90.3 cm³/mol. The van der Waals surface area contributed by atoms with E-state index in [-0.39, 0.29) is 11.9 Å². The molecule has 1 aliphatic rings. The second kappa shape index (κ2) is 5.55. The van der Waals surface area contributed by atoms with Gasteiger partial charge in [-0.15, -0.1) is 0 Å². The molecule has 0 bridgehead atoms. The van der Waals surface area contributed by atoms with Crippen molar-refractivity contribution >= 4 is 34.0 Å². The van der Waals surface area contributed by atoms with Gasteiger partial charge in [-0.2, -0.15) is 16.4 Å². The predicted octanol–water partition coefficient (Wildman–Crippen LogP) is 3.39. The molecule has 0 radical (unpaired) electrons. The van der Waals surface area contributed by atoms with Crippen molar-refractivity contribution in [2.75, 3.05) is 0 Å². The summed E-state index contributed by atoms with van der Waals surface area (Å²) in [5, 5.41) is 10.1. The lowest BCUT2D eigenvalue weighted by atomic mass is 10.0. The Morgan fingerprint density at radius 3 is 2.83 bits per heavy atom. The Kier molecular flexibility index (Phi) is 3.38. The van der Waals surface area contributed by atoms with E-state index in [2.05, 4.69) is 15.1 Å². The number of thiophene rings is 1. The molecule has 1 amide bonds. The largest absolute Gasteiger partial charge is 0.273 e. The van der Waals surface area contributed by atoms with Crippen LogP contribution in [-0.2, 0) is 4.79 Å². The lowest BCUT2D eigenvalue weighted by Gasteiger charge is -2.19.